The molecule has 1 aromatic carbocycles. The monoisotopic (exact) mass is 280 g/mol. The average molecular weight is 280 g/mol. The quantitative estimate of drug-likeness (QED) is 0.915. The average Bonchev–Trinajstić information content (AvgIpc) is 2.72. The molecule has 0 atom stereocenters. The SMILES string of the molecule is CCn1c(-c2c(C)cccc2C)nnc1S(N)(=O)=O. The highest BCUT2D eigenvalue weighted by Crippen LogP contribution is 2.26. The van der Waals surface area contributed by atoms with Gasteiger partial charge in [0.15, 0.2) is 5.82 Å². The van der Waals surface area contributed by atoms with Gasteiger partial charge in [-0.05, 0) is 31.9 Å². The van der Waals surface area contributed by atoms with Crippen molar-refractivity contribution in [1.82, 2.24) is 14.8 Å². The van der Waals surface area contributed by atoms with Gasteiger partial charge in [-0.3, -0.25) is 4.57 Å². The number of hydrogen-bond acceptors (Lipinski definition) is 4. The van der Waals surface area contributed by atoms with Crippen molar-refractivity contribution in [2.24, 2.45) is 5.14 Å². The molecule has 2 N–H and O–H groups in total. The van der Waals surface area contributed by atoms with E-state index in [1.807, 2.05) is 39.0 Å². The molecule has 0 bridgehead atoms. The summed E-state index contributed by atoms with van der Waals surface area (Å²) in [4.78, 5) is 0. The molecule has 2 rings (SSSR count). The molecule has 0 radical (unpaired) electrons. The number of rotatable bonds is 3. The minimum absolute atomic E-state index is 0.201. The number of aromatic nitrogens is 3. The molecule has 7 heteroatoms. The molecule has 102 valence electrons. The Labute approximate surface area is 112 Å². The molecule has 0 aliphatic carbocycles. The number of sulfonamides is 1. The van der Waals surface area contributed by atoms with E-state index in [4.69, 9.17) is 5.14 Å². The first kappa shape index (κ1) is 13.7. The van der Waals surface area contributed by atoms with E-state index in [1.165, 1.54) is 4.57 Å². The molecule has 2 aromatic rings. The Morgan fingerprint density at radius 1 is 1.21 bits per heavy atom. The number of nitrogens with two attached hydrogens (primary N) is 1. The van der Waals surface area contributed by atoms with Crippen LogP contribution in [-0.2, 0) is 16.6 Å². The second-order valence-corrected chi connectivity index (χ2v) is 5.82. The molecule has 0 amide bonds. The molecule has 0 aliphatic rings. The van der Waals surface area contributed by atoms with Crippen molar-refractivity contribution < 1.29 is 8.42 Å². The highest BCUT2D eigenvalue weighted by atomic mass is 32.2. The van der Waals surface area contributed by atoms with E-state index in [1.54, 1.807) is 0 Å². The topological polar surface area (TPSA) is 90.9 Å². The maximum absolute atomic E-state index is 11.5. The van der Waals surface area contributed by atoms with Gasteiger partial charge in [0, 0.05) is 12.1 Å². The van der Waals surface area contributed by atoms with E-state index in [9.17, 15) is 8.42 Å². The van der Waals surface area contributed by atoms with Crippen molar-refractivity contribution >= 4 is 10.0 Å². The summed E-state index contributed by atoms with van der Waals surface area (Å²) in [6, 6.07) is 5.85. The smallest absolute Gasteiger partial charge is 0.273 e. The third-order valence-corrected chi connectivity index (χ3v) is 3.80. The summed E-state index contributed by atoms with van der Waals surface area (Å²) in [5, 5.41) is 12.7. The van der Waals surface area contributed by atoms with E-state index >= 15 is 0 Å². The highest BCUT2D eigenvalue weighted by Gasteiger charge is 2.22. The lowest BCUT2D eigenvalue weighted by Crippen LogP contribution is -2.18. The summed E-state index contributed by atoms with van der Waals surface area (Å²) in [5.74, 6) is 0.530. The van der Waals surface area contributed by atoms with Gasteiger partial charge >= 0.3 is 0 Å². The molecule has 0 unspecified atom stereocenters. The highest BCUT2D eigenvalue weighted by molar-refractivity contribution is 7.89. The van der Waals surface area contributed by atoms with Crippen molar-refractivity contribution in [1.29, 1.82) is 0 Å². The molecule has 1 aromatic heterocycles. The van der Waals surface area contributed by atoms with Crippen LogP contribution in [0.15, 0.2) is 23.4 Å². The Bertz CT molecular complexity index is 699. The fraction of sp³-hybridized carbons (Fsp3) is 0.333. The Balaban J connectivity index is 2.75. The maximum Gasteiger partial charge on any atom is 0.273 e. The minimum Gasteiger partial charge on any atom is -0.297 e. The Morgan fingerprint density at radius 2 is 1.79 bits per heavy atom. The molecule has 19 heavy (non-hydrogen) atoms. The first-order valence-electron chi connectivity index (χ1n) is 5.88. The van der Waals surface area contributed by atoms with Crippen molar-refractivity contribution in [2.45, 2.75) is 32.5 Å². The Kier molecular flexibility index (Phi) is 3.42. The number of aryl methyl sites for hydroxylation is 2. The zero-order chi connectivity index (χ0) is 14.2. The van der Waals surface area contributed by atoms with Gasteiger partial charge in [-0.25, -0.2) is 13.6 Å². The van der Waals surface area contributed by atoms with Gasteiger partial charge in [-0.15, -0.1) is 10.2 Å². The molecule has 1 heterocycles. The lowest BCUT2D eigenvalue weighted by atomic mass is 10.0. The molecule has 0 aliphatic heterocycles. The summed E-state index contributed by atoms with van der Waals surface area (Å²) < 4.78 is 24.5. The van der Waals surface area contributed by atoms with Crippen LogP contribution in [0.3, 0.4) is 0 Å². The van der Waals surface area contributed by atoms with Gasteiger partial charge in [0.05, 0.1) is 0 Å². The van der Waals surface area contributed by atoms with Gasteiger partial charge < -0.3 is 0 Å². The number of nitrogens with zero attached hydrogens (tertiary/aromatic N) is 3. The Hall–Kier alpha value is -1.73. The van der Waals surface area contributed by atoms with Gasteiger partial charge in [0.1, 0.15) is 0 Å². The van der Waals surface area contributed by atoms with Crippen molar-refractivity contribution in [3.8, 4) is 11.4 Å². The molecule has 6 nitrogen and oxygen atoms in total. The zero-order valence-electron chi connectivity index (χ0n) is 11.1. The van der Waals surface area contributed by atoms with Crippen LogP contribution < -0.4 is 5.14 Å². The van der Waals surface area contributed by atoms with Crippen molar-refractivity contribution in [3.63, 3.8) is 0 Å². The van der Waals surface area contributed by atoms with Gasteiger partial charge in [-0.2, -0.15) is 0 Å². The maximum atomic E-state index is 11.5. The molecular formula is C12H16N4O2S. The van der Waals surface area contributed by atoms with Crippen LogP contribution in [0.5, 0.6) is 0 Å². The predicted molar refractivity (Wildman–Crippen MR) is 72.0 cm³/mol. The summed E-state index contributed by atoms with van der Waals surface area (Å²) in [6.45, 7) is 6.16. The van der Waals surface area contributed by atoms with Crippen molar-refractivity contribution in [3.05, 3.63) is 29.3 Å². The zero-order valence-corrected chi connectivity index (χ0v) is 11.9. The minimum atomic E-state index is -3.87. The summed E-state index contributed by atoms with van der Waals surface area (Å²) in [5.41, 5.74) is 2.93. The summed E-state index contributed by atoms with van der Waals surface area (Å²) >= 11 is 0. The Morgan fingerprint density at radius 3 is 2.26 bits per heavy atom. The van der Waals surface area contributed by atoms with Crippen LogP contribution in [0.4, 0.5) is 0 Å². The predicted octanol–water partition coefficient (Wildman–Crippen LogP) is 1.23. The summed E-state index contributed by atoms with van der Waals surface area (Å²) in [7, 11) is -3.87. The van der Waals surface area contributed by atoms with Crippen molar-refractivity contribution in [2.75, 3.05) is 0 Å². The van der Waals surface area contributed by atoms with Gasteiger partial charge in [-0.1, -0.05) is 18.2 Å². The number of benzene rings is 1. The van der Waals surface area contributed by atoms with Crippen LogP contribution in [0.1, 0.15) is 18.1 Å². The first-order chi connectivity index (χ1) is 8.86. The lowest BCUT2D eigenvalue weighted by molar-refractivity contribution is 0.570. The van der Waals surface area contributed by atoms with E-state index in [0.29, 0.717) is 12.4 Å². The normalized spacial score (nSPS) is 11.8. The van der Waals surface area contributed by atoms with E-state index in [-0.39, 0.29) is 5.16 Å². The van der Waals surface area contributed by atoms with E-state index in [0.717, 1.165) is 16.7 Å². The van der Waals surface area contributed by atoms with Crippen LogP contribution in [0.2, 0.25) is 0 Å². The second kappa shape index (κ2) is 4.75. The largest absolute Gasteiger partial charge is 0.297 e. The number of hydrogen-bond donors (Lipinski definition) is 1. The fourth-order valence-electron chi connectivity index (χ4n) is 2.14. The molecule has 0 fully saturated rings. The fourth-order valence-corrected chi connectivity index (χ4v) is 2.81. The molecular weight excluding hydrogens is 264 g/mol. The van der Waals surface area contributed by atoms with Crippen LogP contribution in [0, 0.1) is 13.8 Å². The third kappa shape index (κ3) is 2.39. The van der Waals surface area contributed by atoms with E-state index < -0.39 is 10.0 Å². The van der Waals surface area contributed by atoms with Gasteiger partial charge in [0.2, 0.25) is 0 Å². The summed E-state index contributed by atoms with van der Waals surface area (Å²) in [6.07, 6.45) is 0. The second-order valence-electron chi connectivity index (χ2n) is 4.36. The van der Waals surface area contributed by atoms with Crippen LogP contribution >= 0.6 is 0 Å². The van der Waals surface area contributed by atoms with E-state index in [2.05, 4.69) is 10.2 Å². The first-order valence-corrected chi connectivity index (χ1v) is 7.43. The lowest BCUT2D eigenvalue weighted by Gasteiger charge is -2.11. The van der Waals surface area contributed by atoms with Gasteiger partial charge in [0.25, 0.3) is 15.2 Å². The molecule has 0 spiro atoms. The standard InChI is InChI=1S/C12H16N4O2S/c1-4-16-11(14-15-12(16)19(13,17)18)10-8(2)6-5-7-9(10)3/h5-7H,4H2,1-3H3,(H2,13,17,18). The molecule has 0 saturated carbocycles. The molecule has 0 saturated heterocycles. The number of primary sulfonamides is 1. The van der Waals surface area contributed by atoms with Crippen LogP contribution in [0.25, 0.3) is 11.4 Å². The van der Waals surface area contributed by atoms with Crippen LogP contribution in [-0.4, -0.2) is 23.2 Å². The third-order valence-electron chi connectivity index (χ3n) is 2.99.